The van der Waals surface area contributed by atoms with Crippen LogP contribution in [0.5, 0.6) is 0 Å². The van der Waals surface area contributed by atoms with Crippen LogP contribution in [0.4, 0.5) is 17.6 Å². The lowest BCUT2D eigenvalue weighted by Gasteiger charge is -2.28. The Morgan fingerprint density at radius 2 is 1.85 bits per heavy atom. The molecule has 7 nitrogen and oxygen atoms in total. The van der Waals surface area contributed by atoms with Gasteiger partial charge in [0.05, 0.1) is 42.4 Å². The molecule has 0 radical (unpaired) electrons. The summed E-state index contributed by atoms with van der Waals surface area (Å²) in [5.74, 6) is -1.76. The first-order chi connectivity index (χ1) is 18.4. The van der Waals surface area contributed by atoms with Crippen molar-refractivity contribution in [1.82, 2.24) is 14.5 Å². The third-order valence-electron chi connectivity index (χ3n) is 6.57. The standard InChI is InChI=1S/C27H29F4N3O4S/c1-18(2)33(25(35)19-9-11-21(12-10-19)27(29,30)31)15-22-14-32-26(34(22)16-23-7-5-13-38-23)39(36,37)17-20-6-3-4-8-24(20)28/h3-4,6,8-12,14,18,23H,5,7,13,15-17H2,1-2H3/t23-/m1/s1. The third kappa shape index (κ3) is 6.67. The molecule has 1 aromatic heterocycles. The third-order valence-corrected chi connectivity index (χ3v) is 8.14. The predicted molar refractivity (Wildman–Crippen MR) is 135 cm³/mol. The summed E-state index contributed by atoms with van der Waals surface area (Å²) >= 11 is 0. The van der Waals surface area contributed by atoms with E-state index >= 15 is 0 Å². The van der Waals surface area contributed by atoms with E-state index in [4.69, 9.17) is 4.74 Å². The molecule has 0 aliphatic carbocycles. The molecule has 210 valence electrons. The molecule has 2 heterocycles. The summed E-state index contributed by atoms with van der Waals surface area (Å²) in [6.07, 6.45) is -1.91. The largest absolute Gasteiger partial charge is 0.416 e. The molecule has 1 atom stereocenters. The van der Waals surface area contributed by atoms with Gasteiger partial charge in [0.2, 0.25) is 15.0 Å². The summed E-state index contributed by atoms with van der Waals surface area (Å²) < 4.78 is 87.2. The van der Waals surface area contributed by atoms with Gasteiger partial charge in [0.1, 0.15) is 5.82 Å². The zero-order chi connectivity index (χ0) is 28.4. The van der Waals surface area contributed by atoms with Crippen molar-refractivity contribution in [3.8, 4) is 0 Å². The molecule has 0 bridgehead atoms. The molecule has 1 saturated heterocycles. The van der Waals surface area contributed by atoms with Crippen LogP contribution in [-0.4, -0.2) is 47.5 Å². The van der Waals surface area contributed by atoms with Gasteiger partial charge >= 0.3 is 6.18 Å². The minimum absolute atomic E-state index is 0.00649. The van der Waals surface area contributed by atoms with Gasteiger partial charge < -0.3 is 14.2 Å². The van der Waals surface area contributed by atoms with E-state index in [0.717, 1.165) is 30.7 Å². The number of carbonyl (C=O) groups excluding carboxylic acids is 1. The molecular weight excluding hydrogens is 538 g/mol. The van der Waals surface area contributed by atoms with Crippen LogP contribution < -0.4 is 0 Å². The van der Waals surface area contributed by atoms with E-state index in [1.165, 1.54) is 33.9 Å². The molecule has 1 aliphatic heterocycles. The van der Waals surface area contributed by atoms with Crippen LogP contribution in [0.25, 0.3) is 0 Å². The van der Waals surface area contributed by atoms with Crippen molar-refractivity contribution in [2.75, 3.05) is 6.61 Å². The average molecular weight is 568 g/mol. The highest BCUT2D eigenvalue weighted by Crippen LogP contribution is 2.30. The van der Waals surface area contributed by atoms with E-state index in [-0.39, 0.29) is 41.5 Å². The summed E-state index contributed by atoms with van der Waals surface area (Å²) in [6.45, 7) is 4.15. The van der Waals surface area contributed by atoms with Crippen LogP contribution in [0.15, 0.2) is 59.9 Å². The second-order valence-corrected chi connectivity index (χ2v) is 11.6. The van der Waals surface area contributed by atoms with Gasteiger partial charge in [-0.1, -0.05) is 18.2 Å². The smallest absolute Gasteiger partial charge is 0.376 e. The van der Waals surface area contributed by atoms with Crippen molar-refractivity contribution < 1.29 is 35.5 Å². The fourth-order valence-corrected chi connectivity index (χ4v) is 5.98. The number of hydrogen-bond donors (Lipinski definition) is 0. The number of ether oxygens (including phenoxy) is 1. The van der Waals surface area contributed by atoms with Crippen molar-refractivity contribution in [3.63, 3.8) is 0 Å². The van der Waals surface area contributed by atoms with Gasteiger partial charge in [-0.15, -0.1) is 0 Å². The number of aromatic nitrogens is 2. The van der Waals surface area contributed by atoms with Gasteiger partial charge in [-0.25, -0.2) is 17.8 Å². The van der Waals surface area contributed by atoms with E-state index in [9.17, 15) is 30.8 Å². The molecule has 12 heteroatoms. The van der Waals surface area contributed by atoms with Crippen LogP contribution in [0.1, 0.15) is 53.9 Å². The van der Waals surface area contributed by atoms with Crippen molar-refractivity contribution in [2.24, 2.45) is 0 Å². The lowest BCUT2D eigenvalue weighted by molar-refractivity contribution is -0.137. The molecule has 1 fully saturated rings. The lowest BCUT2D eigenvalue weighted by atomic mass is 10.1. The van der Waals surface area contributed by atoms with Gasteiger partial charge in [0.25, 0.3) is 5.91 Å². The number of hydrogen-bond acceptors (Lipinski definition) is 5. The SMILES string of the molecule is CC(C)N(Cc1cnc(S(=O)(=O)Cc2ccccc2F)n1C[C@H]1CCCO1)C(=O)c1ccc(C(F)(F)F)cc1. The summed E-state index contributed by atoms with van der Waals surface area (Å²) in [5.41, 5.74) is -0.387. The normalized spacial score (nSPS) is 16.1. The summed E-state index contributed by atoms with van der Waals surface area (Å²) in [7, 11) is -4.09. The van der Waals surface area contributed by atoms with Crippen molar-refractivity contribution in [1.29, 1.82) is 0 Å². The van der Waals surface area contributed by atoms with Crippen LogP contribution in [0.3, 0.4) is 0 Å². The molecule has 3 aromatic rings. The maximum Gasteiger partial charge on any atom is 0.416 e. The Bertz CT molecular complexity index is 1410. The zero-order valence-corrected chi connectivity index (χ0v) is 22.3. The summed E-state index contributed by atoms with van der Waals surface area (Å²) in [4.78, 5) is 18.9. The Hall–Kier alpha value is -3.25. The first kappa shape index (κ1) is 28.8. The highest BCUT2D eigenvalue weighted by atomic mass is 32.2. The quantitative estimate of drug-likeness (QED) is 0.330. The van der Waals surface area contributed by atoms with Crippen LogP contribution in [0, 0.1) is 5.82 Å². The molecule has 39 heavy (non-hydrogen) atoms. The number of benzene rings is 2. The second-order valence-electron chi connectivity index (χ2n) is 9.73. The molecular formula is C27H29F4N3O4S. The predicted octanol–water partition coefficient (Wildman–Crippen LogP) is 5.24. The van der Waals surface area contributed by atoms with Gasteiger partial charge in [0.15, 0.2) is 0 Å². The summed E-state index contributed by atoms with van der Waals surface area (Å²) in [5, 5.41) is -0.262. The topological polar surface area (TPSA) is 81.5 Å². The maximum absolute atomic E-state index is 14.3. The highest BCUT2D eigenvalue weighted by Gasteiger charge is 2.32. The van der Waals surface area contributed by atoms with Crippen LogP contribution >= 0.6 is 0 Å². The van der Waals surface area contributed by atoms with Gasteiger partial charge in [-0.05, 0) is 57.0 Å². The number of rotatable bonds is 9. The summed E-state index contributed by atoms with van der Waals surface area (Å²) in [6, 6.07) is 9.16. The zero-order valence-electron chi connectivity index (χ0n) is 21.5. The fourth-order valence-electron chi connectivity index (χ4n) is 4.47. The van der Waals surface area contributed by atoms with Crippen molar-refractivity contribution in [3.05, 3.63) is 82.9 Å². The van der Waals surface area contributed by atoms with E-state index in [1.807, 2.05) is 0 Å². The van der Waals surface area contributed by atoms with Gasteiger partial charge in [-0.2, -0.15) is 13.2 Å². The molecule has 0 unspecified atom stereocenters. The number of carbonyl (C=O) groups is 1. The monoisotopic (exact) mass is 567 g/mol. The van der Waals surface area contributed by atoms with E-state index < -0.39 is 39.1 Å². The molecule has 0 spiro atoms. The minimum Gasteiger partial charge on any atom is -0.376 e. The molecule has 0 N–H and O–H groups in total. The molecule has 1 amide bonds. The Morgan fingerprint density at radius 3 is 2.44 bits per heavy atom. The van der Waals surface area contributed by atoms with Crippen LogP contribution in [-0.2, 0) is 39.6 Å². The second kappa shape index (κ2) is 11.5. The Morgan fingerprint density at radius 1 is 1.15 bits per heavy atom. The number of nitrogens with zero attached hydrogens (tertiary/aromatic N) is 3. The fraction of sp³-hybridized carbons (Fsp3) is 0.407. The average Bonchev–Trinajstić information content (AvgIpc) is 3.53. The minimum atomic E-state index is -4.53. The molecule has 0 saturated carbocycles. The van der Waals surface area contributed by atoms with E-state index in [0.29, 0.717) is 18.7 Å². The molecule has 2 aromatic carbocycles. The number of sulfone groups is 1. The van der Waals surface area contributed by atoms with Crippen molar-refractivity contribution in [2.45, 2.75) is 69.0 Å². The Balaban J connectivity index is 1.66. The van der Waals surface area contributed by atoms with Gasteiger partial charge in [0, 0.05) is 23.8 Å². The molecule has 1 aliphatic rings. The Kier molecular flexibility index (Phi) is 8.45. The van der Waals surface area contributed by atoms with Gasteiger partial charge in [-0.3, -0.25) is 4.79 Å². The number of amides is 1. The van der Waals surface area contributed by atoms with E-state index in [1.54, 1.807) is 19.9 Å². The van der Waals surface area contributed by atoms with E-state index in [2.05, 4.69) is 4.98 Å². The number of halogens is 4. The maximum atomic E-state index is 14.3. The van der Waals surface area contributed by atoms with Crippen molar-refractivity contribution >= 4 is 15.7 Å². The molecule has 4 rings (SSSR count). The first-order valence-electron chi connectivity index (χ1n) is 12.5. The number of alkyl halides is 3. The number of imidazole rings is 1. The van der Waals surface area contributed by atoms with Crippen LogP contribution in [0.2, 0.25) is 0 Å². The lowest BCUT2D eigenvalue weighted by Crippen LogP contribution is -2.37. The first-order valence-corrected chi connectivity index (χ1v) is 14.1. The Labute approximate surface area is 224 Å². The highest BCUT2D eigenvalue weighted by molar-refractivity contribution is 7.90.